The van der Waals surface area contributed by atoms with Crippen LogP contribution in [0.3, 0.4) is 0 Å². The number of carbonyl (C=O) groups excluding carboxylic acids is 1. The van der Waals surface area contributed by atoms with E-state index in [0.717, 1.165) is 38.3 Å². The lowest BCUT2D eigenvalue weighted by Crippen LogP contribution is -2.58. The van der Waals surface area contributed by atoms with Gasteiger partial charge in [-0.25, -0.2) is 0 Å². The summed E-state index contributed by atoms with van der Waals surface area (Å²) in [6.07, 6.45) is 0. The summed E-state index contributed by atoms with van der Waals surface area (Å²) in [6, 6.07) is 5.84. The zero-order valence-electron chi connectivity index (χ0n) is 19.8. The van der Waals surface area contributed by atoms with Gasteiger partial charge in [-0.3, -0.25) is 14.6 Å². The molecule has 1 fully saturated rings. The summed E-state index contributed by atoms with van der Waals surface area (Å²) in [5.41, 5.74) is 0.165. The van der Waals surface area contributed by atoms with Crippen molar-refractivity contribution in [2.45, 2.75) is 45.8 Å². The van der Waals surface area contributed by atoms with E-state index in [9.17, 15) is 10.1 Å². The molecular weight excluding hydrogens is 396 g/mol. The number of amides is 1. The molecule has 1 aliphatic rings. The highest BCUT2D eigenvalue weighted by Crippen LogP contribution is 2.40. The maximum absolute atomic E-state index is 12.7. The predicted octanol–water partition coefficient (Wildman–Crippen LogP) is 2.27. The third-order valence-electron chi connectivity index (χ3n) is 6.28. The number of hydrogen-bond acceptors (Lipinski definition) is 7. The molecule has 1 heterocycles. The molecule has 31 heavy (non-hydrogen) atoms. The highest BCUT2D eigenvalue weighted by Gasteiger charge is 2.34. The number of methoxy groups -OCH3 is 3. The largest absolute Gasteiger partial charge is 0.493 e. The second-order valence-corrected chi connectivity index (χ2v) is 8.44. The Kier molecular flexibility index (Phi) is 8.54. The highest BCUT2D eigenvalue weighted by molar-refractivity contribution is 5.82. The van der Waals surface area contributed by atoms with Gasteiger partial charge in [0.05, 0.1) is 33.4 Å². The molecule has 0 aliphatic carbocycles. The van der Waals surface area contributed by atoms with E-state index in [2.05, 4.69) is 21.2 Å². The maximum Gasteiger partial charge on any atom is 0.238 e. The van der Waals surface area contributed by atoms with E-state index in [-0.39, 0.29) is 17.9 Å². The molecule has 1 N–H and O–H groups in total. The second-order valence-electron chi connectivity index (χ2n) is 8.44. The Morgan fingerprint density at radius 1 is 1.10 bits per heavy atom. The van der Waals surface area contributed by atoms with Crippen molar-refractivity contribution in [3.05, 3.63) is 17.7 Å². The van der Waals surface area contributed by atoms with Crippen LogP contribution in [0.2, 0.25) is 0 Å². The van der Waals surface area contributed by atoms with Gasteiger partial charge in [-0.1, -0.05) is 19.9 Å². The van der Waals surface area contributed by atoms with Gasteiger partial charge in [0.2, 0.25) is 11.7 Å². The molecule has 0 radical (unpaired) electrons. The van der Waals surface area contributed by atoms with Crippen LogP contribution in [-0.4, -0.2) is 74.8 Å². The molecule has 0 unspecified atom stereocenters. The van der Waals surface area contributed by atoms with Gasteiger partial charge in [-0.05, 0) is 25.8 Å². The lowest BCUT2D eigenvalue weighted by molar-refractivity contribution is -0.128. The van der Waals surface area contributed by atoms with Crippen molar-refractivity contribution in [2.24, 2.45) is 5.92 Å². The van der Waals surface area contributed by atoms with Crippen molar-refractivity contribution < 1.29 is 19.0 Å². The molecule has 172 valence electrons. The summed E-state index contributed by atoms with van der Waals surface area (Å²) in [5.74, 6) is 1.84. The molecule has 1 aromatic rings. The second kappa shape index (κ2) is 10.7. The molecule has 1 aliphatic heterocycles. The maximum atomic E-state index is 12.7. The summed E-state index contributed by atoms with van der Waals surface area (Å²) >= 11 is 0. The fourth-order valence-electron chi connectivity index (χ4n) is 3.66. The number of nitrogens with zero attached hydrogens (tertiary/aromatic N) is 3. The van der Waals surface area contributed by atoms with Gasteiger partial charge in [0.1, 0.15) is 5.54 Å². The van der Waals surface area contributed by atoms with E-state index in [1.54, 1.807) is 28.3 Å². The van der Waals surface area contributed by atoms with Crippen LogP contribution in [0.25, 0.3) is 0 Å². The topological polar surface area (TPSA) is 87.1 Å². The Labute approximate surface area is 186 Å². The van der Waals surface area contributed by atoms with Gasteiger partial charge >= 0.3 is 0 Å². The summed E-state index contributed by atoms with van der Waals surface area (Å²) in [5, 5.41) is 12.4. The van der Waals surface area contributed by atoms with Crippen molar-refractivity contribution in [1.29, 1.82) is 5.26 Å². The first-order chi connectivity index (χ1) is 14.7. The Hall–Kier alpha value is -2.50. The number of benzene rings is 1. The molecule has 1 aromatic carbocycles. The van der Waals surface area contributed by atoms with Crippen LogP contribution in [0.4, 0.5) is 0 Å². The van der Waals surface area contributed by atoms with Crippen LogP contribution in [0, 0.1) is 17.2 Å². The molecule has 8 nitrogen and oxygen atoms in total. The summed E-state index contributed by atoms with van der Waals surface area (Å²) in [7, 11) is 4.84. The number of piperazine rings is 1. The standard InChI is InChI=1S/C23H36N4O4/c1-16(2)23(4,15-24)25-22(28)17(3)27-12-10-26(11-13-27)14-18-8-9-19(29-5)21(31-7)20(18)30-6/h8-9,16-17H,10-14H2,1-7H3,(H,25,28)/t17-,23+/m1/s1. The zero-order chi connectivity index (χ0) is 23.2. The first kappa shape index (κ1) is 24.8. The molecule has 8 heteroatoms. The van der Waals surface area contributed by atoms with Gasteiger partial charge in [0.15, 0.2) is 11.5 Å². The van der Waals surface area contributed by atoms with E-state index in [4.69, 9.17) is 14.2 Å². The van der Waals surface area contributed by atoms with Crippen molar-refractivity contribution in [3.63, 3.8) is 0 Å². The van der Waals surface area contributed by atoms with Crippen molar-refractivity contribution in [3.8, 4) is 23.3 Å². The van der Waals surface area contributed by atoms with Crippen LogP contribution in [-0.2, 0) is 11.3 Å². The van der Waals surface area contributed by atoms with E-state index in [0.29, 0.717) is 17.2 Å². The van der Waals surface area contributed by atoms with E-state index in [1.165, 1.54) is 0 Å². The number of nitrogens with one attached hydrogen (secondary N) is 1. The molecule has 0 saturated carbocycles. The molecule has 2 atom stereocenters. The van der Waals surface area contributed by atoms with E-state index >= 15 is 0 Å². The van der Waals surface area contributed by atoms with Crippen LogP contribution in [0.1, 0.15) is 33.3 Å². The Bertz CT molecular complexity index is 800. The first-order valence-corrected chi connectivity index (χ1v) is 10.7. The minimum atomic E-state index is -0.864. The van der Waals surface area contributed by atoms with Crippen molar-refractivity contribution in [1.82, 2.24) is 15.1 Å². The lowest BCUT2D eigenvalue weighted by atomic mass is 9.89. The smallest absolute Gasteiger partial charge is 0.238 e. The minimum absolute atomic E-state index is 0.0296. The van der Waals surface area contributed by atoms with Crippen LogP contribution < -0.4 is 19.5 Å². The minimum Gasteiger partial charge on any atom is -0.493 e. The zero-order valence-corrected chi connectivity index (χ0v) is 19.8. The fourth-order valence-corrected chi connectivity index (χ4v) is 3.66. The quantitative estimate of drug-likeness (QED) is 0.640. The number of hydrogen-bond donors (Lipinski definition) is 1. The molecule has 0 aromatic heterocycles. The molecule has 0 spiro atoms. The molecule has 0 bridgehead atoms. The van der Waals surface area contributed by atoms with Crippen LogP contribution in [0.5, 0.6) is 17.2 Å². The summed E-state index contributed by atoms with van der Waals surface area (Å²) < 4.78 is 16.4. The Morgan fingerprint density at radius 2 is 1.71 bits per heavy atom. The van der Waals surface area contributed by atoms with E-state index in [1.807, 2.05) is 32.9 Å². The van der Waals surface area contributed by atoms with Gasteiger partial charge in [0.25, 0.3) is 0 Å². The fraction of sp³-hybridized carbons (Fsp3) is 0.652. The molecule has 1 saturated heterocycles. The molecule has 2 rings (SSSR count). The average Bonchev–Trinajstić information content (AvgIpc) is 2.78. The Balaban J connectivity index is 1.99. The normalized spacial score (nSPS) is 18.0. The highest BCUT2D eigenvalue weighted by atomic mass is 16.5. The SMILES string of the molecule is COc1ccc(CN2CCN([C@H](C)C(=O)N[C@@](C)(C#N)C(C)C)CC2)c(OC)c1OC. The van der Waals surface area contributed by atoms with Gasteiger partial charge in [-0.2, -0.15) is 5.26 Å². The predicted molar refractivity (Wildman–Crippen MR) is 119 cm³/mol. The average molecular weight is 433 g/mol. The number of carbonyl (C=O) groups is 1. The third-order valence-corrected chi connectivity index (χ3v) is 6.28. The molecular formula is C23H36N4O4. The first-order valence-electron chi connectivity index (χ1n) is 10.7. The third kappa shape index (κ3) is 5.60. The van der Waals surface area contributed by atoms with Gasteiger partial charge in [-0.15, -0.1) is 0 Å². The van der Waals surface area contributed by atoms with Gasteiger partial charge in [0, 0.05) is 38.3 Å². The monoisotopic (exact) mass is 432 g/mol. The number of ether oxygens (including phenoxy) is 3. The summed E-state index contributed by atoms with van der Waals surface area (Å²) in [4.78, 5) is 17.2. The van der Waals surface area contributed by atoms with Crippen LogP contribution in [0.15, 0.2) is 12.1 Å². The van der Waals surface area contributed by atoms with Crippen molar-refractivity contribution >= 4 is 5.91 Å². The lowest BCUT2D eigenvalue weighted by Gasteiger charge is -2.38. The molecule has 1 amide bonds. The number of nitriles is 1. The number of rotatable bonds is 9. The Morgan fingerprint density at radius 3 is 2.19 bits per heavy atom. The van der Waals surface area contributed by atoms with Crippen molar-refractivity contribution in [2.75, 3.05) is 47.5 Å². The van der Waals surface area contributed by atoms with Crippen LogP contribution >= 0.6 is 0 Å². The summed E-state index contributed by atoms with van der Waals surface area (Å²) in [6.45, 7) is 11.5. The van der Waals surface area contributed by atoms with E-state index < -0.39 is 5.54 Å². The van der Waals surface area contributed by atoms with Gasteiger partial charge < -0.3 is 19.5 Å².